The molecule has 25 heavy (non-hydrogen) atoms. The predicted octanol–water partition coefficient (Wildman–Crippen LogP) is 0.892. The number of hydrogen-bond donors (Lipinski definition) is 1. The first-order valence-corrected chi connectivity index (χ1v) is 8.55. The fourth-order valence-corrected chi connectivity index (χ4v) is 3.46. The number of hydrogen-bond acceptors (Lipinski definition) is 4. The van der Waals surface area contributed by atoms with Crippen LogP contribution < -0.4 is 5.56 Å². The van der Waals surface area contributed by atoms with Crippen LogP contribution in [0.1, 0.15) is 25.1 Å². The third kappa shape index (κ3) is 3.01. The third-order valence-corrected chi connectivity index (χ3v) is 4.92. The molecule has 0 bridgehead atoms. The molecular formula is C18H20N4O3. The summed E-state index contributed by atoms with van der Waals surface area (Å²) in [7, 11) is 1.68. The van der Waals surface area contributed by atoms with Gasteiger partial charge in [0, 0.05) is 26.1 Å². The first-order valence-electron chi connectivity index (χ1n) is 8.55. The van der Waals surface area contributed by atoms with Crippen LogP contribution in [0.4, 0.5) is 0 Å². The molecule has 1 aromatic heterocycles. The van der Waals surface area contributed by atoms with Gasteiger partial charge in [0.15, 0.2) is 0 Å². The van der Waals surface area contributed by atoms with Gasteiger partial charge in [-0.2, -0.15) is 0 Å². The van der Waals surface area contributed by atoms with Gasteiger partial charge in [-0.05, 0) is 25.0 Å². The van der Waals surface area contributed by atoms with Gasteiger partial charge in [0.25, 0.3) is 5.56 Å². The number of nitrogens with one attached hydrogen (secondary N) is 1. The number of amides is 2. The zero-order valence-electron chi connectivity index (χ0n) is 14.1. The number of carbonyl (C=O) groups is 2. The van der Waals surface area contributed by atoms with Crippen molar-refractivity contribution in [1.29, 1.82) is 0 Å². The standard InChI is InChI=1S/C18H20N4O3/c1-21(18(25)11-8-16(23)22(9-11)12-6-7-12)10-15-19-14-5-3-2-4-13(14)17(24)20-15/h2-5,11-12H,6-10H2,1H3,(H,19,20,24). The van der Waals surface area contributed by atoms with Gasteiger partial charge in [-0.3, -0.25) is 14.4 Å². The Morgan fingerprint density at radius 3 is 2.84 bits per heavy atom. The molecule has 0 spiro atoms. The Hall–Kier alpha value is -2.70. The van der Waals surface area contributed by atoms with Crippen molar-refractivity contribution in [2.45, 2.75) is 31.8 Å². The minimum absolute atomic E-state index is 0.0755. The quantitative estimate of drug-likeness (QED) is 0.896. The lowest BCUT2D eigenvalue weighted by atomic mass is 10.1. The van der Waals surface area contributed by atoms with Crippen LogP contribution in [0.15, 0.2) is 29.1 Å². The van der Waals surface area contributed by atoms with Crippen LogP contribution in [0, 0.1) is 5.92 Å². The number of nitrogens with zero attached hydrogens (tertiary/aromatic N) is 3. The molecule has 7 nitrogen and oxygen atoms in total. The van der Waals surface area contributed by atoms with Gasteiger partial charge in [0.2, 0.25) is 11.8 Å². The minimum atomic E-state index is -0.301. The summed E-state index contributed by atoms with van der Waals surface area (Å²) in [6.45, 7) is 0.724. The largest absolute Gasteiger partial charge is 0.339 e. The molecule has 2 aliphatic rings. The summed E-state index contributed by atoms with van der Waals surface area (Å²) in [5.41, 5.74) is 0.399. The lowest BCUT2D eigenvalue weighted by molar-refractivity contribution is -0.135. The van der Waals surface area contributed by atoms with Gasteiger partial charge < -0.3 is 14.8 Å². The van der Waals surface area contributed by atoms with E-state index in [9.17, 15) is 14.4 Å². The fourth-order valence-electron chi connectivity index (χ4n) is 3.46. The van der Waals surface area contributed by atoms with Gasteiger partial charge in [0.1, 0.15) is 5.82 Å². The molecule has 2 amide bonds. The van der Waals surface area contributed by atoms with Crippen LogP contribution in [-0.4, -0.2) is 51.2 Å². The highest BCUT2D eigenvalue weighted by molar-refractivity contribution is 5.89. The molecule has 2 aromatic rings. The Balaban J connectivity index is 1.48. The van der Waals surface area contributed by atoms with Crippen LogP contribution >= 0.6 is 0 Å². The second kappa shape index (κ2) is 5.98. The number of aromatic amines is 1. The van der Waals surface area contributed by atoms with Gasteiger partial charge in [-0.25, -0.2) is 4.98 Å². The Morgan fingerprint density at radius 1 is 1.32 bits per heavy atom. The van der Waals surface area contributed by atoms with E-state index in [-0.39, 0.29) is 36.3 Å². The highest BCUT2D eigenvalue weighted by atomic mass is 16.2. The minimum Gasteiger partial charge on any atom is -0.339 e. The highest BCUT2D eigenvalue weighted by Gasteiger charge is 2.42. The molecule has 1 aromatic carbocycles. The van der Waals surface area contributed by atoms with Crippen molar-refractivity contribution in [3.05, 3.63) is 40.4 Å². The lowest BCUT2D eigenvalue weighted by Crippen LogP contribution is -2.35. The van der Waals surface area contributed by atoms with E-state index in [0.717, 1.165) is 12.8 Å². The van der Waals surface area contributed by atoms with E-state index in [1.54, 1.807) is 30.1 Å². The normalized spacial score (nSPS) is 20.3. The van der Waals surface area contributed by atoms with Crippen LogP contribution in [-0.2, 0) is 16.1 Å². The van der Waals surface area contributed by atoms with E-state index in [0.29, 0.717) is 29.3 Å². The molecule has 1 aliphatic heterocycles. The molecule has 2 heterocycles. The average molecular weight is 340 g/mol. The summed E-state index contributed by atoms with van der Waals surface area (Å²) >= 11 is 0. The van der Waals surface area contributed by atoms with Crippen LogP contribution in [0.25, 0.3) is 10.9 Å². The second-order valence-electron chi connectivity index (χ2n) is 6.90. The van der Waals surface area contributed by atoms with E-state index < -0.39 is 0 Å². The Kier molecular flexibility index (Phi) is 3.78. The summed E-state index contributed by atoms with van der Waals surface area (Å²) in [5, 5.41) is 0.529. The SMILES string of the molecule is CN(Cc1nc2ccccc2c(=O)[nH]1)C(=O)C1CC(=O)N(C2CC2)C1. The number of aromatic nitrogens is 2. The Morgan fingerprint density at radius 2 is 2.08 bits per heavy atom. The molecule has 1 atom stereocenters. The predicted molar refractivity (Wildman–Crippen MR) is 91.7 cm³/mol. The molecule has 7 heteroatoms. The molecule has 2 fully saturated rings. The second-order valence-corrected chi connectivity index (χ2v) is 6.90. The summed E-state index contributed by atoms with van der Waals surface area (Å²) in [6, 6.07) is 7.45. The number of carbonyl (C=O) groups excluding carboxylic acids is 2. The van der Waals surface area contributed by atoms with E-state index in [1.165, 1.54) is 0 Å². The molecule has 1 unspecified atom stereocenters. The Labute approximate surface area is 144 Å². The van der Waals surface area contributed by atoms with E-state index in [1.807, 2.05) is 11.0 Å². The lowest BCUT2D eigenvalue weighted by Gasteiger charge is -2.21. The number of benzene rings is 1. The van der Waals surface area contributed by atoms with Gasteiger partial charge in [-0.1, -0.05) is 12.1 Å². The maximum absolute atomic E-state index is 12.7. The average Bonchev–Trinajstić information content (AvgIpc) is 3.36. The molecule has 0 radical (unpaired) electrons. The molecule has 1 saturated carbocycles. The van der Waals surface area contributed by atoms with E-state index in [4.69, 9.17) is 0 Å². The zero-order chi connectivity index (χ0) is 17.6. The van der Waals surface area contributed by atoms with Crippen molar-refractivity contribution >= 4 is 22.7 Å². The van der Waals surface area contributed by atoms with E-state index >= 15 is 0 Å². The van der Waals surface area contributed by atoms with Crippen molar-refractivity contribution < 1.29 is 9.59 Å². The number of para-hydroxylation sites is 1. The maximum atomic E-state index is 12.7. The van der Waals surface area contributed by atoms with Crippen molar-refractivity contribution in [2.75, 3.05) is 13.6 Å². The zero-order valence-corrected chi connectivity index (χ0v) is 14.1. The summed E-state index contributed by atoms with van der Waals surface area (Å²) in [4.78, 5) is 47.4. The molecule has 1 N–H and O–H groups in total. The van der Waals surface area contributed by atoms with Crippen LogP contribution in [0.2, 0.25) is 0 Å². The molecule has 4 rings (SSSR count). The van der Waals surface area contributed by atoms with Crippen LogP contribution in [0.5, 0.6) is 0 Å². The topological polar surface area (TPSA) is 86.4 Å². The van der Waals surface area contributed by atoms with Gasteiger partial charge >= 0.3 is 0 Å². The maximum Gasteiger partial charge on any atom is 0.258 e. The van der Waals surface area contributed by atoms with Crippen molar-refractivity contribution in [3.63, 3.8) is 0 Å². The summed E-state index contributed by atoms with van der Waals surface area (Å²) in [6.07, 6.45) is 2.37. The van der Waals surface area contributed by atoms with Crippen molar-refractivity contribution in [2.24, 2.45) is 5.92 Å². The summed E-state index contributed by atoms with van der Waals surface area (Å²) < 4.78 is 0. The molecule has 130 valence electrons. The van der Waals surface area contributed by atoms with Gasteiger partial charge in [0.05, 0.1) is 23.4 Å². The first-order chi connectivity index (χ1) is 12.0. The van der Waals surface area contributed by atoms with E-state index in [2.05, 4.69) is 9.97 Å². The Bertz CT molecular complexity index is 903. The molecule has 1 saturated heterocycles. The number of likely N-dealkylation sites (tertiary alicyclic amines) is 1. The monoisotopic (exact) mass is 340 g/mol. The molecule has 1 aliphatic carbocycles. The van der Waals surface area contributed by atoms with Gasteiger partial charge in [-0.15, -0.1) is 0 Å². The smallest absolute Gasteiger partial charge is 0.258 e. The fraction of sp³-hybridized carbons (Fsp3) is 0.444. The number of H-pyrrole nitrogens is 1. The van der Waals surface area contributed by atoms with Crippen molar-refractivity contribution in [1.82, 2.24) is 19.8 Å². The number of fused-ring (bicyclic) bond motifs is 1. The van der Waals surface area contributed by atoms with Crippen LogP contribution in [0.3, 0.4) is 0 Å². The third-order valence-electron chi connectivity index (χ3n) is 4.92. The first kappa shape index (κ1) is 15.8. The summed E-state index contributed by atoms with van der Waals surface area (Å²) in [5.74, 6) is 0.145. The highest BCUT2D eigenvalue weighted by Crippen LogP contribution is 2.33. The van der Waals surface area contributed by atoms with Crippen molar-refractivity contribution in [3.8, 4) is 0 Å². The molecular weight excluding hydrogens is 320 g/mol. The number of rotatable bonds is 4.